The molecule has 1 aliphatic heterocycles. The van der Waals surface area contributed by atoms with Crippen molar-refractivity contribution >= 4 is 5.97 Å². The molecule has 0 saturated carbocycles. The molecule has 88 valence electrons. The Balaban J connectivity index is 0.00000128. The average molecular weight is 225 g/mol. The highest BCUT2D eigenvalue weighted by Crippen LogP contribution is 2.30. The monoisotopic (exact) mass is 225 g/mol. The summed E-state index contributed by atoms with van der Waals surface area (Å²) in [6.07, 6.45) is 0.853. The minimum absolute atomic E-state index is 0. The predicted molar refractivity (Wildman–Crippen MR) is 59.8 cm³/mol. The third kappa shape index (κ3) is 2.39. The van der Waals surface area contributed by atoms with Gasteiger partial charge in [0, 0.05) is 6.04 Å². The van der Waals surface area contributed by atoms with E-state index in [2.05, 4.69) is 5.32 Å². The summed E-state index contributed by atoms with van der Waals surface area (Å²) in [7, 11) is 1.45. The van der Waals surface area contributed by atoms with Gasteiger partial charge in [-0.3, -0.25) is 9.50 Å². The van der Waals surface area contributed by atoms with Crippen molar-refractivity contribution in [3.8, 4) is 0 Å². The number of hydrogen-bond donors (Lipinski definition) is 1. The van der Waals surface area contributed by atoms with E-state index in [0.29, 0.717) is 0 Å². The molecule has 1 fully saturated rings. The SMILES string of the molecule is COC(=O)[C@H]1CCN[C@@H]1c1ccccc1.F. The van der Waals surface area contributed by atoms with Crippen LogP contribution in [0.5, 0.6) is 0 Å². The fraction of sp³-hybridized carbons (Fsp3) is 0.417. The van der Waals surface area contributed by atoms with Crippen LogP contribution in [0.4, 0.5) is 4.70 Å². The van der Waals surface area contributed by atoms with Gasteiger partial charge in [-0.15, -0.1) is 0 Å². The maximum Gasteiger partial charge on any atom is 0.310 e. The van der Waals surface area contributed by atoms with Crippen LogP contribution in [0.1, 0.15) is 18.0 Å². The normalized spacial score (nSPS) is 23.6. The number of carbonyl (C=O) groups is 1. The molecule has 1 aliphatic rings. The number of halogens is 1. The third-order valence-electron chi connectivity index (χ3n) is 2.88. The van der Waals surface area contributed by atoms with Crippen LogP contribution in [0, 0.1) is 5.92 Å². The molecule has 0 aliphatic carbocycles. The standard InChI is InChI=1S/C12H15NO2.FH/c1-15-12(14)10-7-8-13-11(10)9-5-3-2-4-6-9;/h2-6,10-11,13H,7-8H2,1H3;1H/t10-,11+;/m0./s1. The lowest BCUT2D eigenvalue weighted by Gasteiger charge is -2.17. The first-order valence-corrected chi connectivity index (χ1v) is 5.19. The molecule has 0 bridgehead atoms. The molecular formula is C12H16FNO2. The van der Waals surface area contributed by atoms with E-state index < -0.39 is 0 Å². The topological polar surface area (TPSA) is 38.3 Å². The minimum Gasteiger partial charge on any atom is -0.469 e. The lowest BCUT2D eigenvalue weighted by molar-refractivity contribution is -0.145. The van der Waals surface area contributed by atoms with Gasteiger partial charge in [-0.1, -0.05) is 30.3 Å². The van der Waals surface area contributed by atoms with Gasteiger partial charge in [0.2, 0.25) is 0 Å². The Morgan fingerprint density at radius 2 is 2.06 bits per heavy atom. The predicted octanol–water partition coefficient (Wildman–Crippen LogP) is 1.66. The lowest BCUT2D eigenvalue weighted by Crippen LogP contribution is -2.24. The number of nitrogens with one attached hydrogen (secondary N) is 1. The molecule has 4 heteroatoms. The van der Waals surface area contributed by atoms with Gasteiger partial charge in [-0.25, -0.2) is 0 Å². The number of ether oxygens (including phenoxy) is 1. The molecule has 0 aromatic heterocycles. The van der Waals surface area contributed by atoms with E-state index in [1.807, 2.05) is 30.3 Å². The van der Waals surface area contributed by atoms with E-state index in [1.165, 1.54) is 7.11 Å². The Hall–Kier alpha value is -1.42. The van der Waals surface area contributed by atoms with Crippen LogP contribution in [0.15, 0.2) is 30.3 Å². The van der Waals surface area contributed by atoms with Crippen molar-refractivity contribution in [3.63, 3.8) is 0 Å². The number of esters is 1. The van der Waals surface area contributed by atoms with Gasteiger partial charge in [0.15, 0.2) is 0 Å². The molecule has 0 radical (unpaired) electrons. The van der Waals surface area contributed by atoms with Crippen molar-refractivity contribution in [1.82, 2.24) is 5.32 Å². The molecule has 1 saturated heterocycles. The van der Waals surface area contributed by atoms with Crippen LogP contribution in [0.3, 0.4) is 0 Å². The molecule has 0 spiro atoms. The molecule has 16 heavy (non-hydrogen) atoms. The van der Waals surface area contributed by atoms with Gasteiger partial charge in [0.05, 0.1) is 13.0 Å². The Kier molecular flexibility index (Phi) is 4.43. The highest BCUT2D eigenvalue weighted by atomic mass is 19.0. The molecule has 1 N–H and O–H groups in total. The van der Waals surface area contributed by atoms with Crippen molar-refractivity contribution in [2.24, 2.45) is 5.92 Å². The summed E-state index contributed by atoms with van der Waals surface area (Å²) in [5.41, 5.74) is 1.16. The van der Waals surface area contributed by atoms with Crippen LogP contribution in [-0.4, -0.2) is 19.6 Å². The maximum absolute atomic E-state index is 11.5. The van der Waals surface area contributed by atoms with Crippen molar-refractivity contribution in [2.75, 3.05) is 13.7 Å². The van der Waals surface area contributed by atoms with Gasteiger partial charge in [0.1, 0.15) is 0 Å². The maximum atomic E-state index is 11.5. The summed E-state index contributed by atoms with van der Waals surface area (Å²) < 4.78 is 4.81. The molecular weight excluding hydrogens is 209 g/mol. The summed E-state index contributed by atoms with van der Waals surface area (Å²) in [6, 6.07) is 10.1. The first-order valence-electron chi connectivity index (χ1n) is 5.19. The second-order valence-corrected chi connectivity index (χ2v) is 3.76. The molecule has 0 unspecified atom stereocenters. The fourth-order valence-corrected chi connectivity index (χ4v) is 2.12. The molecule has 2 atom stereocenters. The first-order chi connectivity index (χ1) is 7.33. The Morgan fingerprint density at radius 3 is 2.69 bits per heavy atom. The van der Waals surface area contributed by atoms with Crippen LogP contribution in [0.25, 0.3) is 0 Å². The number of benzene rings is 1. The number of rotatable bonds is 2. The number of methoxy groups -OCH3 is 1. The van der Waals surface area contributed by atoms with Gasteiger partial charge < -0.3 is 10.1 Å². The van der Waals surface area contributed by atoms with Gasteiger partial charge in [-0.05, 0) is 18.5 Å². The van der Waals surface area contributed by atoms with E-state index >= 15 is 0 Å². The lowest BCUT2D eigenvalue weighted by atomic mass is 9.94. The van der Waals surface area contributed by atoms with E-state index in [0.717, 1.165) is 18.5 Å². The van der Waals surface area contributed by atoms with Crippen molar-refractivity contribution < 1.29 is 14.2 Å². The van der Waals surface area contributed by atoms with Crippen molar-refractivity contribution in [2.45, 2.75) is 12.5 Å². The average Bonchev–Trinajstić information content (AvgIpc) is 2.78. The first kappa shape index (κ1) is 12.6. The van der Waals surface area contributed by atoms with Crippen LogP contribution in [-0.2, 0) is 9.53 Å². The Labute approximate surface area is 94.2 Å². The number of hydrogen-bond acceptors (Lipinski definition) is 3. The van der Waals surface area contributed by atoms with E-state index in [-0.39, 0.29) is 22.6 Å². The summed E-state index contributed by atoms with van der Waals surface area (Å²) in [6.45, 7) is 0.874. The largest absolute Gasteiger partial charge is 0.469 e. The highest BCUT2D eigenvalue weighted by Gasteiger charge is 2.34. The second-order valence-electron chi connectivity index (χ2n) is 3.76. The fourth-order valence-electron chi connectivity index (χ4n) is 2.12. The van der Waals surface area contributed by atoms with E-state index in [1.54, 1.807) is 0 Å². The molecule has 1 heterocycles. The van der Waals surface area contributed by atoms with Crippen molar-refractivity contribution in [1.29, 1.82) is 0 Å². The molecule has 0 amide bonds. The Bertz CT molecular complexity index is 342. The molecule has 2 rings (SSSR count). The van der Waals surface area contributed by atoms with Gasteiger partial charge in [-0.2, -0.15) is 0 Å². The summed E-state index contributed by atoms with van der Waals surface area (Å²) >= 11 is 0. The number of carbonyl (C=O) groups excluding carboxylic acids is 1. The quantitative estimate of drug-likeness (QED) is 0.778. The summed E-state index contributed by atoms with van der Waals surface area (Å²) in [5, 5.41) is 3.34. The van der Waals surface area contributed by atoms with Gasteiger partial charge in [0.25, 0.3) is 0 Å². The Morgan fingerprint density at radius 1 is 1.38 bits per heavy atom. The van der Waals surface area contributed by atoms with Crippen LogP contribution >= 0.6 is 0 Å². The van der Waals surface area contributed by atoms with E-state index in [9.17, 15) is 4.79 Å². The molecule has 3 nitrogen and oxygen atoms in total. The molecule has 1 aromatic carbocycles. The zero-order chi connectivity index (χ0) is 10.7. The third-order valence-corrected chi connectivity index (χ3v) is 2.88. The highest BCUT2D eigenvalue weighted by molar-refractivity contribution is 5.74. The summed E-state index contributed by atoms with van der Waals surface area (Å²) in [5.74, 6) is -0.161. The zero-order valence-electron chi connectivity index (χ0n) is 9.18. The smallest absolute Gasteiger partial charge is 0.310 e. The minimum atomic E-state index is -0.117. The van der Waals surface area contributed by atoms with Crippen LogP contribution in [0.2, 0.25) is 0 Å². The van der Waals surface area contributed by atoms with Crippen LogP contribution < -0.4 is 5.32 Å². The second kappa shape index (κ2) is 5.61. The zero-order valence-corrected chi connectivity index (χ0v) is 9.18. The van der Waals surface area contributed by atoms with E-state index in [4.69, 9.17) is 4.74 Å². The van der Waals surface area contributed by atoms with Gasteiger partial charge >= 0.3 is 5.97 Å². The summed E-state index contributed by atoms with van der Waals surface area (Å²) in [4.78, 5) is 11.5. The van der Waals surface area contributed by atoms with Crippen molar-refractivity contribution in [3.05, 3.63) is 35.9 Å². The molecule has 1 aromatic rings.